The zero-order chi connectivity index (χ0) is 26.7. The van der Waals surface area contributed by atoms with Gasteiger partial charge in [0.25, 0.3) is 0 Å². The number of hydrogen-bond donors (Lipinski definition) is 1. The number of methoxy groups -OCH3 is 2. The summed E-state index contributed by atoms with van der Waals surface area (Å²) in [5.41, 5.74) is 3.06. The van der Waals surface area contributed by atoms with Crippen molar-refractivity contribution in [3.05, 3.63) is 42.2 Å². The third-order valence-corrected chi connectivity index (χ3v) is 6.02. The number of hydrogen-bond acceptors (Lipinski definition) is 8. The summed E-state index contributed by atoms with van der Waals surface area (Å²) in [6, 6.07) is 9.85. The first-order chi connectivity index (χ1) is 17.6. The van der Waals surface area contributed by atoms with Gasteiger partial charge in [0.05, 0.1) is 30.7 Å². The summed E-state index contributed by atoms with van der Waals surface area (Å²) in [6.07, 6.45) is 3.86. The summed E-state index contributed by atoms with van der Waals surface area (Å²) in [6.45, 7) is 6.97. The van der Waals surface area contributed by atoms with Crippen molar-refractivity contribution in [1.29, 1.82) is 5.26 Å². The largest absolute Gasteiger partial charge is 0.497 e. The highest BCUT2D eigenvalue weighted by Crippen LogP contribution is 2.37. The molecule has 3 aromatic rings. The zero-order valence-corrected chi connectivity index (χ0v) is 22.0. The van der Waals surface area contributed by atoms with Crippen LogP contribution in [-0.4, -0.2) is 59.9 Å². The maximum absolute atomic E-state index is 12.6. The maximum Gasteiger partial charge on any atom is 0.413 e. The molecular weight excluding hydrogens is 472 g/mol. The number of benzene rings is 1. The van der Waals surface area contributed by atoms with Crippen molar-refractivity contribution in [2.24, 2.45) is 7.05 Å². The van der Waals surface area contributed by atoms with E-state index in [2.05, 4.69) is 26.4 Å². The quantitative estimate of drug-likeness (QED) is 0.518. The van der Waals surface area contributed by atoms with Gasteiger partial charge in [-0.3, -0.25) is 10.00 Å². The number of nitrogens with one attached hydrogen (secondary N) is 1. The highest BCUT2D eigenvalue weighted by Gasteiger charge is 2.25. The second-order valence-corrected chi connectivity index (χ2v) is 9.93. The molecule has 0 radical (unpaired) electrons. The molecule has 1 unspecified atom stereocenters. The number of amides is 1. The van der Waals surface area contributed by atoms with Crippen molar-refractivity contribution in [2.75, 3.05) is 37.5 Å². The van der Waals surface area contributed by atoms with Gasteiger partial charge in [-0.2, -0.15) is 10.4 Å². The molecule has 0 bridgehead atoms. The Kier molecular flexibility index (Phi) is 7.36. The van der Waals surface area contributed by atoms with E-state index in [-0.39, 0.29) is 11.9 Å². The topological polar surface area (TPSA) is 115 Å². The fourth-order valence-electron chi connectivity index (χ4n) is 4.30. The minimum Gasteiger partial charge on any atom is -0.497 e. The smallest absolute Gasteiger partial charge is 0.413 e. The van der Waals surface area contributed by atoms with Crippen LogP contribution in [0.25, 0.3) is 22.4 Å². The number of anilines is 2. The van der Waals surface area contributed by atoms with Crippen LogP contribution in [0.4, 0.5) is 16.3 Å². The van der Waals surface area contributed by atoms with Gasteiger partial charge in [-0.1, -0.05) is 0 Å². The Morgan fingerprint density at radius 2 is 1.97 bits per heavy atom. The van der Waals surface area contributed by atoms with E-state index in [0.717, 1.165) is 30.8 Å². The van der Waals surface area contributed by atoms with Gasteiger partial charge in [-0.05, 0) is 51.0 Å². The van der Waals surface area contributed by atoms with E-state index in [1.54, 1.807) is 65.2 Å². The van der Waals surface area contributed by atoms with Gasteiger partial charge in [-0.15, -0.1) is 0 Å². The predicted octanol–water partition coefficient (Wildman–Crippen LogP) is 4.60. The Labute approximate surface area is 216 Å². The summed E-state index contributed by atoms with van der Waals surface area (Å²) in [5, 5.41) is 17.2. The molecule has 1 saturated heterocycles. The van der Waals surface area contributed by atoms with Crippen LogP contribution < -0.4 is 15.0 Å². The monoisotopic (exact) mass is 504 g/mol. The van der Waals surface area contributed by atoms with Crippen LogP contribution in [0.3, 0.4) is 0 Å². The second-order valence-electron chi connectivity index (χ2n) is 9.93. The average molecular weight is 505 g/mol. The molecule has 1 amide bonds. The molecule has 10 nitrogen and oxygen atoms in total. The van der Waals surface area contributed by atoms with Crippen molar-refractivity contribution in [2.45, 2.75) is 38.9 Å². The number of aryl methyl sites for hydroxylation is 1. The van der Waals surface area contributed by atoms with E-state index >= 15 is 0 Å². The third kappa shape index (κ3) is 6.01. The number of pyridine rings is 1. The molecule has 1 atom stereocenters. The van der Waals surface area contributed by atoms with Gasteiger partial charge in [-0.25, -0.2) is 9.78 Å². The number of carbonyl (C=O) groups excluding carboxylic acids is 1. The minimum atomic E-state index is -0.677. The molecule has 194 valence electrons. The van der Waals surface area contributed by atoms with Gasteiger partial charge in [0.2, 0.25) is 0 Å². The van der Waals surface area contributed by atoms with Gasteiger partial charge in [0.1, 0.15) is 23.2 Å². The molecule has 1 aliphatic heterocycles. The molecule has 3 heterocycles. The molecule has 1 aromatic carbocycles. The van der Waals surface area contributed by atoms with Gasteiger partial charge >= 0.3 is 6.09 Å². The lowest BCUT2D eigenvalue weighted by molar-refractivity contribution is 0.0635. The van der Waals surface area contributed by atoms with Crippen LogP contribution in [0.1, 0.15) is 32.8 Å². The maximum atomic E-state index is 12.6. The van der Waals surface area contributed by atoms with Crippen molar-refractivity contribution >= 4 is 17.6 Å². The van der Waals surface area contributed by atoms with E-state index in [1.165, 1.54) is 0 Å². The van der Waals surface area contributed by atoms with Gasteiger partial charge < -0.3 is 19.1 Å². The average Bonchev–Trinajstić information content (AvgIpc) is 3.51. The summed E-state index contributed by atoms with van der Waals surface area (Å²) in [4.78, 5) is 19.4. The van der Waals surface area contributed by atoms with Crippen LogP contribution in [0.5, 0.6) is 5.75 Å². The molecule has 0 saturated carbocycles. The van der Waals surface area contributed by atoms with Crippen molar-refractivity contribution < 1.29 is 19.0 Å². The van der Waals surface area contributed by atoms with Gasteiger partial charge in [0.15, 0.2) is 0 Å². The summed E-state index contributed by atoms with van der Waals surface area (Å²) in [5.74, 6) is 0.908. The van der Waals surface area contributed by atoms with Crippen molar-refractivity contribution in [3.8, 4) is 34.2 Å². The van der Waals surface area contributed by atoms with Crippen LogP contribution in [-0.2, 0) is 16.5 Å². The molecule has 4 rings (SSSR count). The number of nitrogens with zero attached hydrogens (tertiary/aromatic N) is 5. The fourth-order valence-corrected chi connectivity index (χ4v) is 4.30. The van der Waals surface area contributed by atoms with Crippen LogP contribution in [0.2, 0.25) is 0 Å². The molecule has 0 aliphatic carbocycles. The lowest BCUT2D eigenvalue weighted by Crippen LogP contribution is -2.27. The van der Waals surface area contributed by atoms with E-state index in [9.17, 15) is 10.1 Å². The number of nitriles is 1. The zero-order valence-electron chi connectivity index (χ0n) is 22.0. The Morgan fingerprint density at radius 1 is 1.19 bits per heavy atom. The molecule has 10 heteroatoms. The first-order valence-corrected chi connectivity index (χ1v) is 12.0. The molecule has 1 aliphatic rings. The van der Waals surface area contributed by atoms with Crippen LogP contribution >= 0.6 is 0 Å². The molecule has 1 N–H and O–H groups in total. The standard InChI is InChI=1S/C27H32N6O4/c1-27(2,3)37-26(34)31-24-12-22(23(13-28)25(30-24)18-14-29-32(4)15-18)17-9-19(11-21(10-17)36-6)33-8-7-20(16-33)35-5/h9-12,14-15,20H,7-8,16H2,1-6H3,(H,30,31,34). The number of carbonyl (C=O) groups is 1. The first-order valence-electron chi connectivity index (χ1n) is 12.0. The van der Waals surface area contributed by atoms with E-state index in [4.69, 9.17) is 14.2 Å². The fraction of sp³-hybridized carbons (Fsp3) is 0.407. The Bertz CT molecular complexity index is 1340. The van der Waals surface area contributed by atoms with Crippen LogP contribution in [0.15, 0.2) is 36.7 Å². The molecule has 37 heavy (non-hydrogen) atoms. The number of aromatic nitrogens is 3. The lowest BCUT2D eigenvalue weighted by Gasteiger charge is -2.21. The van der Waals surface area contributed by atoms with Crippen molar-refractivity contribution in [1.82, 2.24) is 14.8 Å². The predicted molar refractivity (Wildman–Crippen MR) is 141 cm³/mol. The van der Waals surface area contributed by atoms with E-state index in [1.807, 2.05) is 18.2 Å². The Morgan fingerprint density at radius 3 is 2.57 bits per heavy atom. The molecule has 1 fully saturated rings. The second kappa shape index (κ2) is 10.5. The van der Waals surface area contributed by atoms with E-state index in [0.29, 0.717) is 28.1 Å². The Balaban J connectivity index is 1.85. The van der Waals surface area contributed by atoms with Crippen molar-refractivity contribution in [3.63, 3.8) is 0 Å². The third-order valence-electron chi connectivity index (χ3n) is 6.02. The SMILES string of the molecule is COc1cc(-c2cc(NC(=O)OC(C)(C)C)nc(-c3cnn(C)c3)c2C#N)cc(N2CCC(OC)C2)c1. The summed E-state index contributed by atoms with van der Waals surface area (Å²) < 4.78 is 18.2. The van der Waals surface area contributed by atoms with Gasteiger partial charge in [0, 0.05) is 56.3 Å². The summed E-state index contributed by atoms with van der Waals surface area (Å²) >= 11 is 0. The first kappa shape index (κ1) is 26.0. The molecule has 2 aromatic heterocycles. The van der Waals surface area contributed by atoms with E-state index < -0.39 is 11.7 Å². The number of ether oxygens (including phenoxy) is 3. The number of rotatable bonds is 6. The Hall–Kier alpha value is -4.10. The lowest BCUT2D eigenvalue weighted by atomic mass is 9.96. The molecular formula is C27H32N6O4. The normalized spacial score (nSPS) is 15.4. The molecule has 0 spiro atoms. The van der Waals surface area contributed by atoms with Crippen LogP contribution in [0, 0.1) is 11.3 Å². The minimum absolute atomic E-state index is 0.159. The highest BCUT2D eigenvalue weighted by molar-refractivity contribution is 5.89. The summed E-state index contributed by atoms with van der Waals surface area (Å²) in [7, 11) is 5.12. The highest BCUT2D eigenvalue weighted by atomic mass is 16.6.